The molecule has 64 valence electrons. The second-order valence-electron chi connectivity index (χ2n) is 1.85. The second-order valence-corrected chi connectivity index (χ2v) is 1.85. The third kappa shape index (κ3) is 3.18. The molecule has 0 atom stereocenters. The lowest BCUT2D eigenvalue weighted by molar-refractivity contribution is 0.281. The fraction of sp³-hybridized carbons (Fsp3) is 0.300. The number of rotatable bonds is 1. The first-order valence-corrected chi connectivity index (χ1v) is 3.89. The zero-order valence-corrected chi connectivity index (χ0v) is 7.41. The molecule has 1 rings (SSSR count). The highest BCUT2D eigenvalue weighted by molar-refractivity contribution is 5.25. The lowest BCUT2D eigenvalue weighted by Gasteiger charge is -1.92. The summed E-state index contributed by atoms with van der Waals surface area (Å²) in [6.45, 7) is 4.01. The van der Waals surface area contributed by atoms with Gasteiger partial charge in [0.15, 0.2) is 0 Å². The first-order chi connectivity index (χ1) is 5.86. The minimum atomic E-state index is 0.0118. The number of terminal acetylenes is 1. The Labute approximate surface area is 73.3 Å². The molecule has 12 heavy (non-hydrogen) atoms. The van der Waals surface area contributed by atoms with Crippen LogP contribution in [0.25, 0.3) is 0 Å². The van der Waals surface area contributed by atoms with Gasteiger partial charge in [0, 0.05) is 6.20 Å². The summed E-state index contributed by atoms with van der Waals surface area (Å²) in [5, 5.41) is 8.61. The highest BCUT2D eigenvalue weighted by Gasteiger charge is 1.89. The first-order valence-electron chi connectivity index (χ1n) is 3.89. The zero-order chi connectivity index (χ0) is 9.40. The van der Waals surface area contributed by atoms with E-state index in [1.165, 1.54) is 0 Å². The van der Waals surface area contributed by atoms with Crippen molar-refractivity contribution >= 4 is 0 Å². The fourth-order valence-electron chi connectivity index (χ4n) is 0.603. The van der Waals surface area contributed by atoms with Gasteiger partial charge in [-0.05, 0) is 11.6 Å². The third-order valence-corrected chi connectivity index (χ3v) is 1.16. The summed E-state index contributed by atoms with van der Waals surface area (Å²) >= 11 is 0. The normalized spacial score (nSPS) is 7.83. The van der Waals surface area contributed by atoms with Gasteiger partial charge in [-0.1, -0.05) is 25.8 Å². The topological polar surface area (TPSA) is 33.1 Å². The molecular weight excluding hydrogens is 150 g/mol. The Hall–Kier alpha value is -1.33. The lowest BCUT2D eigenvalue weighted by atomic mass is 10.3. The number of aromatic nitrogens is 1. The van der Waals surface area contributed by atoms with Crippen molar-refractivity contribution in [3.8, 4) is 12.3 Å². The van der Waals surface area contributed by atoms with E-state index in [2.05, 4.69) is 10.9 Å². The van der Waals surface area contributed by atoms with E-state index in [-0.39, 0.29) is 6.61 Å². The molecule has 0 aliphatic rings. The molecule has 0 saturated heterocycles. The van der Waals surface area contributed by atoms with Gasteiger partial charge < -0.3 is 5.11 Å². The van der Waals surface area contributed by atoms with Crippen LogP contribution in [0.4, 0.5) is 0 Å². The number of pyridine rings is 1. The summed E-state index contributed by atoms with van der Waals surface area (Å²) in [4.78, 5) is 3.87. The smallest absolute Gasteiger partial charge is 0.112 e. The summed E-state index contributed by atoms with van der Waals surface area (Å²) in [6.07, 6.45) is 6.63. The average molecular weight is 163 g/mol. The van der Waals surface area contributed by atoms with Crippen molar-refractivity contribution < 1.29 is 5.11 Å². The number of nitrogens with zero attached hydrogens (tertiary/aromatic N) is 1. The highest BCUT2D eigenvalue weighted by Crippen LogP contribution is 1.97. The molecule has 1 aromatic rings. The Kier molecular flexibility index (Phi) is 5.68. The molecule has 1 N–H and O–H groups in total. The SMILES string of the molecule is C#Cc1ccc(CO)cn1.CC. The maximum absolute atomic E-state index is 8.61. The Balaban J connectivity index is 0.000000561. The van der Waals surface area contributed by atoms with Gasteiger partial charge in [-0.3, -0.25) is 0 Å². The standard InChI is InChI=1S/C8H7NO.C2H6/c1-2-8-4-3-7(6-10)5-9-8;1-2/h1,3-5,10H,6H2;1-2H3. The van der Waals surface area contributed by atoms with E-state index in [1.807, 2.05) is 13.8 Å². The Morgan fingerprint density at radius 1 is 1.50 bits per heavy atom. The maximum Gasteiger partial charge on any atom is 0.112 e. The van der Waals surface area contributed by atoms with Crippen LogP contribution in [-0.2, 0) is 6.61 Å². The van der Waals surface area contributed by atoms with Crippen LogP contribution in [0.15, 0.2) is 18.3 Å². The van der Waals surface area contributed by atoms with E-state index in [9.17, 15) is 0 Å². The molecular formula is C10H13NO. The highest BCUT2D eigenvalue weighted by atomic mass is 16.3. The molecule has 0 unspecified atom stereocenters. The van der Waals surface area contributed by atoms with E-state index < -0.39 is 0 Å². The number of aliphatic hydroxyl groups excluding tert-OH is 1. The molecule has 1 heterocycles. The zero-order valence-electron chi connectivity index (χ0n) is 7.41. The fourth-order valence-corrected chi connectivity index (χ4v) is 0.603. The molecule has 0 aliphatic carbocycles. The molecule has 0 amide bonds. The van der Waals surface area contributed by atoms with Gasteiger partial charge in [0.1, 0.15) is 5.69 Å². The van der Waals surface area contributed by atoms with Crippen LogP contribution in [0.5, 0.6) is 0 Å². The van der Waals surface area contributed by atoms with E-state index in [4.69, 9.17) is 11.5 Å². The van der Waals surface area contributed by atoms with Crippen LogP contribution < -0.4 is 0 Å². The number of hydrogen-bond donors (Lipinski definition) is 1. The first kappa shape index (κ1) is 10.7. The summed E-state index contributed by atoms with van der Waals surface area (Å²) in [7, 11) is 0. The predicted octanol–water partition coefficient (Wildman–Crippen LogP) is 1.58. The van der Waals surface area contributed by atoms with Gasteiger partial charge in [-0.2, -0.15) is 0 Å². The minimum absolute atomic E-state index is 0.0118. The maximum atomic E-state index is 8.61. The molecule has 0 fully saturated rings. The molecule has 1 aromatic heterocycles. The van der Waals surface area contributed by atoms with Crippen molar-refractivity contribution in [2.45, 2.75) is 20.5 Å². The summed E-state index contributed by atoms with van der Waals surface area (Å²) < 4.78 is 0. The van der Waals surface area contributed by atoms with Gasteiger partial charge in [-0.25, -0.2) is 4.98 Å². The van der Waals surface area contributed by atoms with E-state index in [0.29, 0.717) is 5.69 Å². The van der Waals surface area contributed by atoms with Crippen molar-refractivity contribution in [3.05, 3.63) is 29.6 Å². The predicted molar refractivity (Wildman–Crippen MR) is 49.4 cm³/mol. The van der Waals surface area contributed by atoms with Crippen LogP contribution in [-0.4, -0.2) is 10.1 Å². The quantitative estimate of drug-likeness (QED) is 0.638. The van der Waals surface area contributed by atoms with E-state index >= 15 is 0 Å². The van der Waals surface area contributed by atoms with Gasteiger partial charge >= 0.3 is 0 Å². The van der Waals surface area contributed by atoms with Crippen LogP contribution in [0, 0.1) is 12.3 Å². The molecule has 0 aliphatic heterocycles. The Morgan fingerprint density at radius 3 is 2.50 bits per heavy atom. The van der Waals surface area contributed by atoms with Crippen molar-refractivity contribution in [1.29, 1.82) is 0 Å². The molecule has 0 spiro atoms. The number of hydrogen-bond acceptors (Lipinski definition) is 2. The van der Waals surface area contributed by atoms with Gasteiger partial charge in [0.25, 0.3) is 0 Å². The summed E-state index contributed by atoms with van der Waals surface area (Å²) in [5.74, 6) is 2.39. The largest absolute Gasteiger partial charge is 0.392 e. The van der Waals surface area contributed by atoms with Crippen LogP contribution in [0.1, 0.15) is 25.1 Å². The summed E-state index contributed by atoms with van der Waals surface area (Å²) in [5.41, 5.74) is 1.37. The molecule has 0 bridgehead atoms. The Morgan fingerprint density at radius 2 is 2.17 bits per heavy atom. The van der Waals surface area contributed by atoms with Crippen LogP contribution >= 0.6 is 0 Å². The van der Waals surface area contributed by atoms with Crippen molar-refractivity contribution in [2.75, 3.05) is 0 Å². The summed E-state index contributed by atoms with van der Waals surface area (Å²) in [6, 6.07) is 3.45. The van der Waals surface area contributed by atoms with Crippen molar-refractivity contribution in [2.24, 2.45) is 0 Å². The molecule has 0 aromatic carbocycles. The molecule has 2 heteroatoms. The van der Waals surface area contributed by atoms with Gasteiger partial charge in [0.05, 0.1) is 6.61 Å². The Bertz CT molecular complexity index is 246. The number of aliphatic hydroxyl groups is 1. The van der Waals surface area contributed by atoms with Gasteiger partial charge in [0.2, 0.25) is 0 Å². The third-order valence-electron chi connectivity index (χ3n) is 1.16. The molecule has 0 radical (unpaired) electrons. The average Bonchev–Trinajstić information content (AvgIpc) is 2.21. The lowest BCUT2D eigenvalue weighted by Crippen LogP contribution is -1.86. The van der Waals surface area contributed by atoms with Crippen LogP contribution in [0.3, 0.4) is 0 Å². The minimum Gasteiger partial charge on any atom is -0.392 e. The van der Waals surface area contributed by atoms with Crippen LogP contribution in [0.2, 0.25) is 0 Å². The second kappa shape index (κ2) is 6.38. The van der Waals surface area contributed by atoms with Crippen molar-refractivity contribution in [3.63, 3.8) is 0 Å². The molecule has 0 saturated carbocycles. The van der Waals surface area contributed by atoms with E-state index in [0.717, 1.165) is 5.56 Å². The van der Waals surface area contributed by atoms with Crippen molar-refractivity contribution in [1.82, 2.24) is 4.98 Å². The monoisotopic (exact) mass is 163 g/mol. The van der Waals surface area contributed by atoms with Gasteiger partial charge in [-0.15, -0.1) is 6.42 Å². The molecule has 2 nitrogen and oxygen atoms in total. The van der Waals surface area contributed by atoms with E-state index in [1.54, 1.807) is 18.3 Å².